The third-order valence-electron chi connectivity index (χ3n) is 2.03. The fourth-order valence-electron chi connectivity index (χ4n) is 1.16. The van der Waals surface area contributed by atoms with Gasteiger partial charge in [0, 0.05) is 0 Å². The molecule has 0 fully saturated rings. The van der Waals surface area contributed by atoms with Crippen molar-refractivity contribution in [2.75, 3.05) is 6.61 Å². The SMILES string of the molecule is Cc1cc(F)cc([C@](C)(N)CO)c1. The smallest absolute Gasteiger partial charge is 0.123 e. The molecule has 0 aromatic heterocycles. The molecule has 1 rings (SSSR count). The molecule has 1 aromatic rings. The van der Waals surface area contributed by atoms with Gasteiger partial charge < -0.3 is 10.8 Å². The zero-order valence-electron chi connectivity index (χ0n) is 7.84. The maximum Gasteiger partial charge on any atom is 0.123 e. The predicted octanol–water partition coefficient (Wildman–Crippen LogP) is 1.30. The molecule has 0 heterocycles. The summed E-state index contributed by atoms with van der Waals surface area (Å²) in [5.41, 5.74) is 6.31. The van der Waals surface area contributed by atoms with Crippen LogP contribution in [0.2, 0.25) is 0 Å². The molecule has 3 heteroatoms. The van der Waals surface area contributed by atoms with Crippen molar-refractivity contribution in [2.24, 2.45) is 5.73 Å². The van der Waals surface area contributed by atoms with Gasteiger partial charge in [0.2, 0.25) is 0 Å². The Hall–Kier alpha value is -0.930. The molecule has 0 amide bonds. The summed E-state index contributed by atoms with van der Waals surface area (Å²) in [5.74, 6) is -0.319. The van der Waals surface area contributed by atoms with Crippen LogP contribution in [0.4, 0.5) is 4.39 Å². The second kappa shape index (κ2) is 3.44. The molecule has 0 aliphatic carbocycles. The number of aliphatic hydroxyl groups is 1. The molecule has 0 aliphatic heterocycles. The van der Waals surface area contributed by atoms with E-state index in [-0.39, 0.29) is 12.4 Å². The second-order valence-electron chi connectivity index (χ2n) is 3.59. The van der Waals surface area contributed by atoms with Crippen molar-refractivity contribution in [2.45, 2.75) is 19.4 Å². The van der Waals surface area contributed by atoms with E-state index >= 15 is 0 Å². The van der Waals surface area contributed by atoms with E-state index < -0.39 is 5.54 Å². The first-order chi connectivity index (χ1) is 5.95. The monoisotopic (exact) mass is 183 g/mol. The molecule has 0 saturated heterocycles. The molecule has 0 radical (unpaired) electrons. The third-order valence-corrected chi connectivity index (χ3v) is 2.03. The molecule has 0 spiro atoms. The quantitative estimate of drug-likeness (QED) is 0.726. The van der Waals surface area contributed by atoms with Crippen LogP contribution in [-0.2, 0) is 5.54 Å². The Bertz CT molecular complexity index is 290. The summed E-state index contributed by atoms with van der Waals surface area (Å²) in [5, 5.41) is 8.98. The summed E-state index contributed by atoms with van der Waals surface area (Å²) in [6.45, 7) is 3.26. The Morgan fingerprint density at radius 3 is 2.54 bits per heavy atom. The Morgan fingerprint density at radius 1 is 1.46 bits per heavy atom. The summed E-state index contributed by atoms with van der Waals surface area (Å²) >= 11 is 0. The lowest BCUT2D eigenvalue weighted by Crippen LogP contribution is -2.37. The number of aryl methyl sites for hydroxylation is 1. The first-order valence-corrected chi connectivity index (χ1v) is 4.13. The Morgan fingerprint density at radius 2 is 2.08 bits per heavy atom. The fraction of sp³-hybridized carbons (Fsp3) is 0.400. The average molecular weight is 183 g/mol. The van der Waals surface area contributed by atoms with Crippen molar-refractivity contribution in [3.8, 4) is 0 Å². The summed E-state index contributed by atoms with van der Waals surface area (Å²) in [6.07, 6.45) is 0. The maximum absolute atomic E-state index is 13.0. The van der Waals surface area contributed by atoms with Gasteiger partial charge in [0.1, 0.15) is 5.82 Å². The highest BCUT2D eigenvalue weighted by atomic mass is 19.1. The summed E-state index contributed by atoms with van der Waals surface area (Å²) < 4.78 is 13.0. The van der Waals surface area contributed by atoms with Crippen LogP contribution < -0.4 is 5.73 Å². The lowest BCUT2D eigenvalue weighted by atomic mass is 9.93. The zero-order valence-corrected chi connectivity index (χ0v) is 7.84. The number of hydrogen-bond acceptors (Lipinski definition) is 2. The van der Waals surface area contributed by atoms with Crippen LogP contribution in [0.5, 0.6) is 0 Å². The molecule has 72 valence electrons. The van der Waals surface area contributed by atoms with Crippen LogP contribution in [0.15, 0.2) is 18.2 Å². The number of benzene rings is 1. The highest BCUT2D eigenvalue weighted by molar-refractivity contribution is 5.29. The van der Waals surface area contributed by atoms with Gasteiger partial charge in [-0.3, -0.25) is 0 Å². The van der Waals surface area contributed by atoms with E-state index in [1.807, 2.05) is 0 Å². The number of hydrogen-bond donors (Lipinski definition) is 2. The van der Waals surface area contributed by atoms with Crippen LogP contribution >= 0.6 is 0 Å². The summed E-state index contributed by atoms with van der Waals surface area (Å²) in [7, 11) is 0. The van der Waals surface area contributed by atoms with Crippen LogP contribution in [0.25, 0.3) is 0 Å². The van der Waals surface area contributed by atoms with E-state index in [2.05, 4.69) is 0 Å². The van der Waals surface area contributed by atoms with Gasteiger partial charge in [-0.05, 0) is 37.1 Å². The van der Waals surface area contributed by atoms with Gasteiger partial charge in [0.05, 0.1) is 12.1 Å². The van der Waals surface area contributed by atoms with E-state index in [4.69, 9.17) is 10.8 Å². The van der Waals surface area contributed by atoms with Gasteiger partial charge >= 0.3 is 0 Å². The number of rotatable bonds is 2. The normalized spacial score (nSPS) is 15.5. The Kier molecular flexibility index (Phi) is 2.68. The molecule has 1 atom stereocenters. The van der Waals surface area contributed by atoms with E-state index in [1.54, 1.807) is 19.9 Å². The fourth-order valence-corrected chi connectivity index (χ4v) is 1.16. The molecule has 1 aromatic carbocycles. The minimum absolute atomic E-state index is 0.199. The second-order valence-corrected chi connectivity index (χ2v) is 3.59. The van der Waals surface area contributed by atoms with E-state index in [0.717, 1.165) is 5.56 Å². The van der Waals surface area contributed by atoms with E-state index in [0.29, 0.717) is 5.56 Å². The minimum Gasteiger partial charge on any atom is -0.394 e. The van der Waals surface area contributed by atoms with Gasteiger partial charge in [-0.1, -0.05) is 6.07 Å². The van der Waals surface area contributed by atoms with Crippen LogP contribution in [0.1, 0.15) is 18.1 Å². The van der Waals surface area contributed by atoms with Gasteiger partial charge in [-0.2, -0.15) is 0 Å². The van der Waals surface area contributed by atoms with Crippen molar-refractivity contribution < 1.29 is 9.50 Å². The first-order valence-electron chi connectivity index (χ1n) is 4.13. The van der Waals surface area contributed by atoms with Gasteiger partial charge in [-0.25, -0.2) is 4.39 Å². The van der Waals surface area contributed by atoms with Gasteiger partial charge in [-0.15, -0.1) is 0 Å². The summed E-state index contributed by atoms with van der Waals surface area (Å²) in [4.78, 5) is 0. The van der Waals surface area contributed by atoms with E-state index in [9.17, 15) is 4.39 Å². The largest absolute Gasteiger partial charge is 0.394 e. The summed E-state index contributed by atoms with van der Waals surface area (Å²) in [6, 6.07) is 4.56. The molecular formula is C10H14FNO. The lowest BCUT2D eigenvalue weighted by Gasteiger charge is -2.22. The molecular weight excluding hydrogens is 169 g/mol. The molecule has 13 heavy (non-hydrogen) atoms. The standard InChI is InChI=1S/C10H14FNO/c1-7-3-8(5-9(11)4-7)10(2,12)6-13/h3-5,13H,6,12H2,1-2H3/t10-/m1/s1. The van der Waals surface area contributed by atoms with Crippen molar-refractivity contribution >= 4 is 0 Å². The first kappa shape index (κ1) is 10.2. The number of nitrogens with two attached hydrogens (primary N) is 1. The highest BCUT2D eigenvalue weighted by Gasteiger charge is 2.20. The molecule has 3 N–H and O–H groups in total. The zero-order chi connectivity index (χ0) is 10.1. The number of aliphatic hydroxyl groups excluding tert-OH is 1. The predicted molar refractivity (Wildman–Crippen MR) is 49.8 cm³/mol. The minimum atomic E-state index is -0.868. The van der Waals surface area contributed by atoms with Crippen LogP contribution in [-0.4, -0.2) is 11.7 Å². The van der Waals surface area contributed by atoms with Gasteiger partial charge in [0.25, 0.3) is 0 Å². The topological polar surface area (TPSA) is 46.2 Å². The van der Waals surface area contributed by atoms with Crippen LogP contribution in [0, 0.1) is 12.7 Å². The van der Waals surface area contributed by atoms with Crippen molar-refractivity contribution in [3.63, 3.8) is 0 Å². The van der Waals surface area contributed by atoms with E-state index in [1.165, 1.54) is 12.1 Å². The highest BCUT2D eigenvalue weighted by Crippen LogP contribution is 2.19. The molecule has 2 nitrogen and oxygen atoms in total. The van der Waals surface area contributed by atoms with Crippen molar-refractivity contribution in [1.82, 2.24) is 0 Å². The molecule has 0 unspecified atom stereocenters. The Balaban J connectivity index is 3.15. The lowest BCUT2D eigenvalue weighted by molar-refractivity contribution is 0.209. The Labute approximate surface area is 77.2 Å². The molecule has 0 saturated carbocycles. The number of halogens is 1. The van der Waals surface area contributed by atoms with Crippen LogP contribution in [0.3, 0.4) is 0 Å². The third kappa shape index (κ3) is 2.26. The molecule has 0 aliphatic rings. The van der Waals surface area contributed by atoms with Gasteiger partial charge in [0.15, 0.2) is 0 Å². The average Bonchev–Trinajstić information content (AvgIpc) is 2.02. The van der Waals surface area contributed by atoms with Crippen molar-refractivity contribution in [1.29, 1.82) is 0 Å². The molecule has 0 bridgehead atoms. The maximum atomic E-state index is 13.0. The van der Waals surface area contributed by atoms with Crippen molar-refractivity contribution in [3.05, 3.63) is 35.1 Å².